The van der Waals surface area contributed by atoms with Crippen LogP contribution in [0, 0.1) is 0 Å². The van der Waals surface area contributed by atoms with Crippen molar-refractivity contribution in [1.29, 1.82) is 0 Å². The maximum atomic E-state index is 14.3. The summed E-state index contributed by atoms with van der Waals surface area (Å²) in [7, 11) is 1.52. The minimum atomic E-state index is -0.816. The predicted octanol–water partition coefficient (Wildman–Crippen LogP) is 7.23. The number of rotatable bonds is 11. The van der Waals surface area contributed by atoms with Gasteiger partial charge in [0.2, 0.25) is 0 Å². The van der Waals surface area contributed by atoms with Gasteiger partial charge in [0.1, 0.15) is 12.4 Å². The maximum absolute atomic E-state index is 14.3. The minimum absolute atomic E-state index is 0.159. The SMILES string of the molecule is CCOC(=O)C1=C(c2ccccc2)N=c2s/c(=C\c3cc(Cl)c(OCc4cccc(Cl)c4)c(OC)c3)c(=O)n2[C@@H]1c1ccc(OCC)cc1. The van der Waals surface area contributed by atoms with E-state index in [9.17, 15) is 9.59 Å². The minimum Gasteiger partial charge on any atom is -0.494 e. The molecule has 1 aliphatic heterocycles. The highest BCUT2D eigenvalue weighted by molar-refractivity contribution is 7.07. The molecule has 250 valence electrons. The van der Waals surface area contributed by atoms with Gasteiger partial charge in [0, 0.05) is 10.6 Å². The summed E-state index contributed by atoms with van der Waals surface area (Å²) in [5.74, 6) is 0.888. The molecule has 0 N–H and O–H groups in total. The number of ether oxygens (including phenoxy) is 4. The van der Waals surface area contributed by atoms with Crippen LogP contribution in [0.5, 0.6) is 17.2 Å². The zero-order valence-corrected chi connectivity index (χ0v) is 29.3. The maximum Gasteiger partial charge on any atom is 0.338 e. The van der Waals surface area contributed by atoms with Crippen molar-refractivity contribution in [3.63, 3.8) is 0 Å². The van der Waals surface area contributed by atoms with Gasteiger partial charge in [0.25, 0.3) is 5.56 Å². The molecule has 11 heteroatoms. The van der Waals surface area contributed by atoms with Crippen LogP contribution in [0.4, 0.5) is 0 Å². The Balaban J connectivity index is 1.49. The Hall–Kier alpha value is -4.83. The van der Waals surface area contributed by atoms with Crippen LogP contribution in [0.25, 0.3) is 11.8 Å². The third kappa shape index (κ3) is 7.29. The van der Waals surface area contributed by atoms with Crippen LogP contribution in [-0.2, 0) is 16.1 Å². The summed E-state index contributed by atoms with van der Waals surface area (Å²) in [6.45, 7) is 4.54. The van der Waals surface area contributed by atoms with Crippen LogP contribution in [0.3, 0.4) is 0 Å². The number of carbonyl (C=O) groups is 1. The van der Waals surface area contributed by atoms with Crippen LogP contribution in [0.1, 0.15) is 42.1 Å². The highest BCUT2D eigenvalue weighted by Gasteiger charge is 2.35. The molecule has 8 nitrogen and oxygen atoms in total. The van der Waals surface area contributed by atoms with Crippen molar-refractivity contribution in [1.82, 2.24) is 4.57 Å². The van der Waals surface area contributed by atoms with E-state index in [0.717, 1.165) is 11.1 Å². The van der Waals surface area contributed by atoms with Gasteiger partial charge in [-0.3, -0.25) is 9.36 Å². The Morgan fingerprint density at radius 3 is 2.41 bits per heavy atom. The van der Waals surface area contributed by atoms with Gasteiger partial charge in [-0.15, -0.1) is 0 Å². The molecule has 4 aromatic carbocycles. The number of fused-ring (bicyclic) bond motifs is 1. The lowest BCUT2D eigenvalue weighted by molar-refractivity contribution is -0.138. The first-order valence-electron chi connectivity index (χ1n) is 15.6. The Morgan fingerprint density at radius 2 is 1.71 bits per heavy atom. The van der Waals surface area contributed by atoms with E-state index >= 15 is 0 Å². The molecular formula is C38H32Cl2N2O6S. The first-order chi connectivity index (χ1) is 23.8. The number of hydrogen-bond donors (Lipinski definition) is 0. The topological polar surface area (TPSA) is 88.4 Å². The first-order valence-corrected chi connectivity index (χ1v) is 17.1. The molecule has 0 saturated heterocycles. The van der Waals surface area contributed by atoms with Crippen LogP contribution in [0.2, 0.25) is 10.0 Å². The van der Waals surface area contributed by atoms with Crippen molar-refractivity contribution < 1.29 is 23.7 Å². The lowest BCUT2D eigenvalue weighted by atomic mass is 9.93. The second-order valence-electron chi connectivity index (χ2n) is 10.9. The van der Waals surface area contributed by atoms with Gasteiger partial charge in [-0.1, -0.05) is 89.1 Å². The number of benzene rings is 4. The van der Waals surface area contributed by atoms with Crippen LogP contribution < -0.4 is 29.1 Å². The van der Waals surface area contributed by atoms with Gasteiger partial charge in [-0.25, -0.2) is 9.79 Å². The van der Waals surface area contributed by atoms with Gasteiger partial charge >= 0.3 is 5.97 Å². The van der Waals surface area contributed by atoms with E-state index in [1.807, 2.05) is 79.7 Å². The van der Waals surface area contributed by atoms with Crippen molar-refractivity contribution in [3.8, 4) is 17.2 Å². The van der Waals surface area contributed by atoms with E-state index in [1.54, 1.807) is 35.8 Å². The standard InChI is InChI=1S/C38H32Cl2N2O6S/c1-4-46-28-16-14-26(15-17-28)34-32(37(44)47-5-2)33(25-11-7-6-8-12-25)41-38-42(34)36(43)31(49-38)21-24-19-29(40)35(30(20-24)45-3)48-22-23-10-9-13-27(39)18-23/h6-21,34H,4-5,22H2,1-3H3/b31-21-/t34-/m1/s1. The van der Waals surface area contributed by atoms with Gasteiger partial charge in [-0.2, -0.15) is 0 Å². The van der Waals surface area contributed by atoms with E-state index in [2.05, 4.69) is 0 Å². The highest BCUT2D eigenvalue weighted by Crippen LogP contribution is 2.38. The number of methoxy groups -OCH3 is 1. The van der Waals surface area contributed by atoms with E-state index in [0.29, 0.717) is 60.1 Å². The first kappa shape index (κ1) is 34.0. The third-order valence-corrected chi connectivity index (χ3v) is 9.20. The van der Waals surface area contributed by atoms with E-state index in [1.165, 1.54) is 18.4 Å². The highest BCUT2D eigenvalue weighted by atomic mass is 35.5. The number of nitrogens with zero attached hydrogens (tertiary/aromatic N) is 2. The summed E-state index contributed by atoms with van der Waals surface area (Å²) in [6.07, 6.45) is 1.73. The fraction of sp³-hybridized carbons (Fsp3) is 0.184. The quantitative estimate of drug-likeness (QED) is 0.134. The molecule has 0 unspecified atom stereocenters. The summed E-state index contributed by atoms with van der Waals surface area (Å²) in [4.78, 5) is 33.4. The second-order valence-corrected chi connectivity index (χ2v) is 12.7. The number of halogens is 2. The zero-order chi connectivity index (χ0) is 34.5. The van der Waals surface area contributed by atoms with E-state index < -0.39 is 12.0 Å². The zero-order valence-electron chi connectivity index (χ0n) is 26.9. The average molecular weight is 716 g/mol. The molecule has 0 bridgehead atoms. The summed E-state index contributed by atoms with van der Waals surface area (Å²) in [5.41, 5.74) is 3.30. The molecule has 49 heavy (non-hydrogen) atoms. The Labute approximate surface area is 297 Å². The van der Waals surface area contributed by atoms with Gasteiger partial charge in [0.15, 0.2) is 16.3 Å². The molecule has 0 spiro atoms. The van der Waals surface area contributed by atoms with Gasteiger partial charge in [-0.05, 0) is 73.0 Å². The molecule has 1 aromatic heterocycles. The Morgan fingerprint density at radius 1 is 0.939 bits per heavy atom. The third-order valence-electron chi connectivity index (χ3n) is 7.70. The number of thiazole rings is 1. The molecule has 0 saturated carbocycles. The van der Waals surface area contributed by atoms with E-state index in [4.69, 9.17) is 47.1 Å². The lowest BCUT2D eigenvalue weighted by Gasteiger charge is -2.26. The molecule has 0 fully saturated rings. The summed E-state index contributed by atoms with van der Waals surface area (Å²) in [5, 5.41) is 0.912. The van der Waals surface area contributed by atoms with Gasteiger partial charge in [0.05, 0.1) is 47.2 Å². The number of aromatic nitrogens is 1. The second kappa shape index (κ2) is 15.2. The fourth-order valence-corrected chi connectivity index (χ4v) is 7.05. The molecule has 0 radical (unpaired) electrons. The van der Waals surface area contributed by atoms with E-state index in [-0.39, 0.29) is 24.3 Å². The average Bonchev–Trinajstić information content (AvgIpc) is 3.41. The molecular weight excluding hydrogens is 683 g/mol. The number of carbonyl (C=O) groups excluding carboxylic acids is 1. The van der Waals surface area contributed by atoms with Crippen molar-refractivity contribution in [3.05, 3.63) is 149 Å². The largest absolute Gasteiger partial charge is 0.494 e. The molecule has 2 heterocycles. The normalized spacial score (nSPS) is 14.2. The molecule has 5 aromatic rings. The Kier molecular flexibility index (Phi) is 10.5. The summed E-state index contributed by atoms with van der Waals surface area (Å²) < 4.78 is 24.8. The molecule has 6 rings (SSSR count). The predicted molar refractivity (Wildman–Crippen MR) is 192 cm³/mol. The van der Waals surface area contributed by atoms with Crippen molar-refractivity contribution in [2.45, 2.75) is 26.5 Å². The van der Waals surface area contributed by atoms with Crippen molar-refractivity contribution in [2.75, 3.05) is 20.3 Å². The van der Waals surface area contributed by atoms with Crippen LogP contribution in [-0.4, -0.2) is 30.9 Å². The smallest absolute Gasteiger partial charge is 0.338 e. The molecule has 1 atom stereocenters. The van der Waals surface area contributed by atoms with Crippen LogP contribution in [0.15, 0.2) is 106 Å². The van der Waals surface area contributed by atoms with Crippen molar-refractivity contribution >= 4 is 52.3 Å². The molecule has 1 aliphatic rings. The molecule has 0 amide bonds. The lowest BCUT2D eigenvalue weighted by Crippen LogP contribution is -2.40. The van der Waals surface area contributed by atoms with Crippen LogP contribution >= 0.6 is 34.5 Å². The van der Waals surface area contributed by atoms with Crippen molar-refractivity contribution in [2.24, 2.45) is 4.99 Å². The summed E-state index contributed by atoms with van der Waals surface area (Å²) in [6, 6.07) is 26.8. The number of esters is 1. The van der Waals surface area contributed by atoms with Gasteiger partial charge < -0.3 is 18.9 Å². The number of hydrogen-bond acceptors (Lipinski definition) is 8. The summed E-state index contributed by atoms with van der Waals surface area (Å²) >= 11 is 14.1. The monoisotopic (exact) mass is 714 g/mol. The molecule has 0 aliphatic carbocycles. The Bertz CT molecular complexity index is 2210. The fourth-order valence-electron chi connectivity index (χ4n) is 5.57.